The number of aldehydes is 1. The van der Waals surface area contributed by atoms with Crippen LogP contribution in [0.15, 0.2) is 23.1 Å². The van der Waals surface area contributed by atoms with Crippen molar-refractivity contribution in [1.29, 1.82) is 0 Å². The number of halogens is 1. The van der Waals surface area contributed by atoms with E-state index in [1.165, 1.54) is 6.92 Å². The van der Waals surface area contributed by atoms with Crippen LogP contribution in [-0.4, -0.2) is 12.1 Å². The molecular weight excluding hydrogens is 220 g/mol. The molecule has 1 rings (SSSR count). The van der Waals surface area contributed by atoms with E-state index < -0.39 is 5.38 Å². The van der Waals surface area contributed by atoms with E-state index >= 15 is 0 Å². The van der Waals surface area contributed by atoms with E-state index in [1.807, 2.05) is 0 Å². The van der Waals surface area contributed by atoms with Gasteiger partial charge in [0.05, 0.1) is 0 Å². The van der Waals surface area contributed by atoms with Crippen LogP contribution in [0.1, 0.15) is 28.2 Å². The van der Waals surface area contributed by atoms with Crippen LogP contribution in [0.25, 0.3) is 0 Å². The molecule has 0 heterocycles. The Hall–Kier alpha value is -0.800. The molecule has 1 unspecified atom stereocenters. The number of alkyl halides is 1. The molecule has 0 fully saturated rings. The third-order valence-corrected chi connectivity index (χ3v) is 2.65. The molecule has 0 spiro atoms. The van der Waals surface area contributed by atoms with Gasteiger partial charge in [-0.25, -0.2) is 0 Å². The predicted octanol–water partition coefficient (Wildman–Crippen LogP) is 2.66. The fourth-order valence-corrected chi connectivity index (χ4v) is 1.51. The van der Waals surface area contributed by atoms with Crippen molar-refractivity contribution in [2.24, 2.45) is 0 Å². The van der Waals surface area contributed by atoms with Gasteiger partial charge >= 0.3 is 0 Å². The largest absolute Gasteiger partial charge is 0.298 e. The summed E-state index contributed by atoms with van der Waals surface area (Å²) < 4.78 is 0. The summed E-state index contributed by atoms with van der Waals surface area (Å²) in [6.07, 6.45) is 0.681. The first kappa shape index (κ1) is 11.3. The number of Topliss-reactive ketones (excluding diaryl/α,β-unsaturated/α-hetero) is 1. The molecule has 0 aromatic heterocycles. The van der Waals surface area contributed by atoms with Crippen molar-refractivity contribution in [3.8, 4) is 0 Å². The quantitative estimate of drug-likeness (QED) is 0.490. The Labute approximate surface area is 92.7 Å². The van der Waals surface area contributed by atoms with Gasteiger partial charge < -0.3 is 0 Å². The lowest BCUT2D eigenvalue weighted by atomic mass is 10.0. The number of carbonyl (C=O) groups excluding carboxylic acids is 2. The number of rotatable bonds is 3. The molecule has 0 aliphatic carbocycles. The second kappa shape index (κ2) is 4.62. The van der Waals surface area contributed by atoms with Crippen LogP contribution in [0.2, 0.25) is 0 Å². The molecule has 74 valence electrons. The Bertz CT molecular complexity index is 376. The van der Waals surface area contributed by atoms with Crippen molar-refractivity contribution < 1.29 is 9.59 Å². The highest BCUT2D eigenvalue weighted by Crippen LogP contribution is 2.26. The number of ketones is 1. The topological polar surface area (TPSA) is 34.1 Å². The minimum Gasteiger partial charge on any atom is -0.298 e. The van der Waals surface area contributed by atoms with Crippen molar-refractivity contribution in [2.75, 3.05) is 0 Å². The van der Waals surface area contributed by atoms with Crippen LogP contribution in [0.3, 0.4) is 0 Å². The Balaban J connectivity index is 3.23. The summed E-state index contributed by atoms with van der Waals surface area (Å²) in [5.41, 5.74) is 0.944. The summed E-state index contributed by atoms with van der Waals surface area (Å²) in [6, 6.07) is 4.91. The van der Waals surface area contributed by atoms with Gasteiger partial charge in [0, 0.05) is 10.5 Å². The smallest absolute Gasteiger partial charge is 0.152 e. The lowest BCUT2D eigenvalue weighted by Crippen LogP contribution is -2.04. The van der Waals surface area contributed by atoms with Crippen LogP contribution < -0.4 is 0 Å². The average molecular weight is 229 g/mol. The molecular formula is C10H9ClO2S. The molecule has 0 aliphatic heterocycles. The molecule has 0 saturated carbocycles. The highest BCUT2D eigenvalue weighted by molar-refractivity contribution is 7.80. The van der Waals surface area contributed by atoms with Gasteiger partial charge in [-0.1, -0.05) is 6.07 Å². The molecule has 0 saturated heterocycles. The van der Waals surface area contributed by atoms with Crippen LogP contribution in [0.5, 0.6) is 0 Å². The van der Waals surface area contributed by atoms with Crippen molar-refractivity contribution in [1.82, 2.24) is 0 Å². The standard InChI is InChI=1S/C10H9ClO2S/c1-6(13)10(11)9-4-8(14)3-2-7(9)5-12/h2-5,10,14H,1H3. The Morgan fingerprint density at radius 3 is 2.71 bits per heavy atom. The molecule has 2 nitrogen and oxygen atoms in total. The number of carbonyl (C=O) groups is 2. The predicted molar refractivity (Wildman–Crippen MR) is 58.4 cm³/mol. The van der Waals surface area contributed by atoms with Crippen LogP contribution >= 0.6 is 24.2 Å². The van der Waals surface area contributed by atoms with Crippen LogP contribution in [0, 0.1) is 0 Å². The summed E-state index contributed by atoms with van der Waals surface area (Å²) in [6.45, 7) is 1.39. The Morgan fingerprint density at radius 2 is 2.21 bits per heavy atom. The molecule has 0 N–H and O–H groups in total. The second-order valence-corrected chi connectivity index (χ2v) is 3.86. The molecule has 14 heavy (non-hydrogen) atoms. The van der Waals surface area contributed by atoms with Gasteiger partial charge in [-0.3, -0.25) is 9.59 Å². The molecule has 1 aromatic carbocycles. The fourth-order valence-electron chi connectivity index (χ4n) is 1.11. The van der Waals surface area contributed by atoms with E-state index in [0.29, 0.717) is 22.3 Å². The van der Waals surface area contributed by atoms with Gasteiger partial charge in [-0.05, 0) is 24.6 Å². The first-order valence-corrected chi connectivity index (χ1v) is 4.87. The zero-order valence-corrected chi connectivity index (χ0v) is 9.18. The van der Waals surface area contributed by atoms with Gasteiger partial charge in [0.15, 0.2) is 5.78 Å². The summed E-state index contributed by atoms with van der Waals surface area (Å²) in [4.78, 5) is 22.4. The van der Waals surface area contributed by atoms with E-state index in [9.17, 15) is 9.59 Å². The normalized spacial score (nSPS) is 12.2. The van der Waals surface area contributed by atoms with Gasteiger partial charge in [0.25, 0.3) is 0 Å². The maximum atomic E-state index is 11.1. The summed E-state index contributed by atoms with van der Waals surface area (Å²) in [5.74, 6) is -0.186. The van der Waals surface area contributed by atoms with Crippen molar-refractivity contribution in [2.45, 2.75) is 17.2 Å². The second-order valence-electron chi connectivity index (χ2n) is 2.90. The van der Waals surface area contributed by atoms with Crippen molar-refractivity contribution in [3.63, 3.8) is 0 Å². The van der Waals surface area contributed by atoms with Gasteiger partial charge in [-0.15, -0.1) is 24.2 Å². The van der Waals surface area contributed by atoms with E-state index in [4.69, 9.17) is 11.6 Å². The maximum absolute atomic E-state index is 11.1. The Kier molecular flexibility index (Phi) is 3.72. The highest BCUT2D eigenvalue weighted by Gasteiger charge is 2.16. The number of benzene rings is 1. The lowest BCUT2D eigenvalue weighted by molar-refractivity contribution is -0.116. The van der Waals surface area contributed by atoms with E-state index in [2.05, 4.69) is 12.6 Å². The van der Waals surface area contributed by atoms with Crippen LogP contribution in [-0.2, 0) is 4.79 Å². The molecule has 0 radical (unpaired) electrons. The third-order valence-electron chi connectivity index (χ3n) is 1.83. The highest BCUT2D eigenvalue weighted by atomic mass is 35.5. The third kappa shape index (κ3) is 2.36. The molecule has 1 atom stereocenters. The molecule has 0 aliphatic rings. The Morgan fingerprint density at radius 1 is 1.57 bits per heavy atom. The van der Waals surface area contributed by atoms with E-state index in [-0.39, 0.29) is 5.78 Å². The summed E-state index contributed by atoms with van der Waals surface area (Å²) in [5, 5.41) is -0.776. The van der Waals surface area contributed by atoms with Crippen LogP contribution in [0.4, 0.5) is 0 Å². The SMILES string of the molecule is CC(=O)C(Cl)c1cc(S)ccc1C=O. The van der Waals surface area contributed by atoms with Gasteiger partial charge in [0.2, 0.25) is 0 Å². The zero-order chi connectivity index (χ0) is 10.7. The number of hydrogen-bond donors (Lipinski definition) is 1. The zero-order valence-electron chi connectivity index (χ0n) is 7.53. The van der Waals surface area contributed by atoms with E-state index in [1.54, 1.807) is 18.2 Å². The van der Waals surface area contributed by atoms with Crippen molar-refractivity contribution >= 4 is 36.3 Å². The minimum atomic E-state index is -0.776. The average Bonchev–Trinajstić information content (AvgIpc) is 2.16. The minimum absolute atomic E-state index is 0.186. The molecule has 0 bridgehead atoms. The lowest BCUT2D eigenvalue weighted by Gasteiger charge is -2.09. The van der Waals surface area contributed by atoms with E-state index in [0.717, 1.165) is 0 Å². The molecule has 1 aromatic rings. The molecule has 0 amide bonds. The summed E-state index contributed by atoms with van der Waals surface area (Å²) in [7, 11) is 0. The first-order valence-electron chi connectivity index (χ1n) is 3.99. The first-order chi connectivity index (χ1) is 6.56. The number of hydrogen-bond acceptors (Lipinski definition) is 3. The summed E-state index contributed by atoms with van der Waals surface area (Å²) >= 11 is 9.97. The van der Waals surface area contributed by atoms with Gasteiger partial charge in [-0.2, -0.15) is 0 Å². The number of thiol groups is 1. The van der Waals surface area contributed by atoms with Gasteiger partial charge in [0.1, 0.15) is 11.7 Å². The maximum Gasteiger partial charge on any atom is 0.152 e. The van der Waals surface area contributed by atoms with Crippen molar-refractivity contribution in [3.05, 3.63) is 29.3 Å². The monoisotopic (exact) mass is 228 g/mol. The molecule has 4 heteroatoms. The fraction of sp³-hybridized carbons (Fsp3) is 0.200.